The molecule has 16 heteroatoms. The number of carbonyl (C=O) groups excluding carboxylic acids is 1. The van der Waals surface area contributed by atoms with Gasteiger partial charge in [0.1, 0.15) is 41.9 Å². The second-order valence-electron chi connectivity index (χ2n) is 8.30. The van der Waals surface area contributed by atoms with Crippen molar-refractivity contribution in [3.05, 3.63) is 65.9 Å². The molecule has 4 N–H and O–H groups in total. The van der Waals surface area contributed by atoms with Crippen LogP contribution in [0.3, 0.4) is 0 Å². The van der Waals surface area contributed by atoms with Crippen molar-refractivity contribution in [3.8, 4) is 5.75 Å². The molecule has 1 fully saturated rings. The largest absolute Gasteiger partial charge is 0.435 e. The molecular formula is C22H24F2N6O7S. The van der Waals surface area contributed by atoms with Crippen molar-refractivity contribution in [1.82, 2.24) is 24.5 Å². The van der Waals surface area contributed by atoms with Crippen LogP contribution in [0.2, 0.25) is 0 Å². The number of benzene rings is 1. The first kappa shape index (κ1) is 27.5. The molecular weight excluding hydrogens is 530 g/mol. The summed E-state index contributed by atoms with van der Waals surface area (Å²) in [6, 6.07) is 6.63. The predicted octanol–water partition coefficient (Wildman–Crippen LogP) is 0.309. The van der Waals surface area contributed by atoms with Gasteiger partial charge < -0.3 is 20.3 Å². The minimum absolute atomic E-state index is 0.00600. The van der Waals surface area contributed by atoms with Gasteiger partial charge in [0.05, 0.1) is 18.2 Å². The maximum atomic E-state index is 13.2. The van der Waals surface area contributed by atoms with Crippen LogP contribution in [-0.4, -0.2) is 82.2 Å². The van der Waals surface area contributed by atoms with Gasteiger partial charge in [0.25, 0.3) is 0 Å². The molecule has 0 saturated heterocycles. The second kappa shape index (κ2) is 11.4. The van der Waals surface area contributed by atoms with E-state index in [4.69, 9.17) is 4.18 Å². The SMILES string of the molecule is CNS(=O)(=O)O[C@@H]1C[C@@H](Nc2ncncc2C(=O)c2ccn(Cc3cccc(OC(F)F)c3)n2)[C@H](O)[C@H]1O. The Balaban J connectivity index is 1.47. The molecule has 13 nitrogen and oxygen atoms in total. The third-order valence-corrected chi connectivity index (χ3v) is 6.75. The number of nitrogens with zero attached hydrogens (tertiary/aromatic N) is 4. The number of hydrogen-bond acceptors (Lipinski definition) is 11. The monoisotopic (exact) mass is 554 g/mol. The van der Waals surface area contributed by atoms with Crippen molar-refractivity contribution in [3.63, 3.8) is 0 Å². The van der Waals surface area contributed by atoms with Gasteiger partial charge in [-0.1, -0.05) is 12.1 Å². The Bertz CT molecular complexity index is 1390. The summed E-state index contributed by atoms with van der Waals surface area (Å²) >= 11 is 0. The number of hydrogen-bond donors (Lipinski definition) is 4. The molecule has 0 unspecified atom stereocenters. The van der Waals surface area contributed by atoms with Gasteiger partial charge >= 0.3 is 16.9 Å². The number of aliphatic hydroxyl groups excluding tert-OH is 2. The van der Waals surface area contributed by atoms with E-state index in [1.807, 2.05) is 4.72 Å². The third-order valence-electron chi connectivity index (χ3n) is 5.75. The Hall–Kier alpha value is -3.57. The number of aromatic nitrogens is 4. The van der Waals surface area contributed by atoms with Crippen LogP contribution >= 0.6 is 0 Å². The molecule has 0 spiro atoms. The van der Waals surface area contributed by atoms with E-state index in [1.165, 1.54) is 41.6 Å². The lowest BCUT2D eigenvalue weighted by Crippen LogP contribution is -2.38. The number of halogens is 2. The van der Waals surface area contributed by atoms with Gasteiger partial charge in [0.2, 0.25) is 5.78 Å². The molecule has 204 valence electrons. The number of aliphatic hydroxyl groups is 2. The molecule has 1 aromatic carbocycles. The van der Waals surface area contributed by atoms with Crippen LogP contribution in [0, 0.1) is 0 Å². The zero-order valence-electron chi connectivity index (χ0n) is 19.8. The molecule has 2 aromatic heterocycles. The molecule has 0 amide bonds. The Morgan fingerprint density at radius 3 is 2.79 bits per heavy atom. The Morgan fingerprint density at radius 1 is 1.26 bits per heavy atom. The number of ketones is 1. The van der Waals surface area contributed by atoms with Crippen molar-refractivity contribution in [2.24, 2.45) is 0 Å². The average molecular weight is 555 g/mol. The summed E-state index contributed by atoms with van der Waals surface area (Å²) in [5.41, 5.74) is 0.664. The first-order chi connectivity index (χ1) is 18.1. The zero-order valence-corrected chi connectivity index (χ0v) is 20.6. The molecule has 1 saturated carbocycles. The van der Waals surface area contributed by atoms with Crippen LogP contribution in [0.1, 0.15) is 28.0 Å². The van der Waals surface area contributed by atoms with E-state index in [1.54, 1.807) is 12.1 Å². The van der Waals surface area contributed by atoms with Crippen LogP contribution in [0.25, 0.3) is 0 Å². The molecule has 0 aliphatic heterocycles. The van der Waals surface area contributed by atoms with Crippen LogP contribution in [0.15, 0.2) is 49.1 Å². The van der Waals surface area contributed by atoms with Crippen LogP contribution in [-0.2, 0) is 21.0 Å². The highest BCUT2D eigenvalue weighted by Gasteiger charge is 2.44. The van der Waals surface area contributed by atoms with E-state index in [9.17, 15) is 32.2 Å². The lowest BCUT2D eigenvalue weighted by atomic mass is 10.1. The van der Waals surface area contributed by atoms with Crippen molar-refractivity contribution >= 4 is 21.9 Å². The molecule has 4 rings (SSSR count). The summed E-state index contributed by atoms with van der Waals surface area (Å²) in [6.07, 6.45) is -0.328. The van der Waals surface area contributed by atoms with Crippen molar-refractivity contribution in [2.75, 3.05) is 12.4 Å². The maximum absolute atomic E-state index is 13.2. The first-order valence-corrected chi connectivity index (χ1v) is 12.6. The molecule has 3 aromatic rings. The maximum Gasteiger partial charge on any atom is 0.387 e. The normalized spacial score (nSPS) is 21.5. The van der Waals surface area contributed by atoms with E-state index < -0.39 is 47.1 Å². The molecule has 1 aliphatic carbocycles. The summed E-state index contributed by atoms with van der Waals surface area (Å²) in [5, 5.41) is 27.8. The fourth-order valence-corrected chi connectivity index (χ4v) is 4.55. The quantitative estimate of drug-likeness (QED) is 0.240. The van der Waals surface area contributed by atoms with Gasteiger partial charge in [-0.25, -0.2) is 9.97 Å². The standard InChI is InChI=1S/C22H24F2N6O7S/c1-25-38(34,35)37-17-8-16(19(32)20(17)33)28-21-14(9-26-11-27-21)18(31)15-5-6-30(29-15)10-12-3-2-4-13(7-12)36-22(23)24/h2-7,9,11,16-17,19-20,22,25,32-33H,8,10H2,1H3,(H,26,27,28)/t16-,17-,19+,20+/m1/s1. The summed E-state index contributed by atoms with van der Waals surface area (Å²) < 4.78 is 61.0. The van der Waals surface area contributed by atoms with Crippen LogP contribution < -0.4 is 14.8 Å². The minimum Gasteiger partial charge on any atom is -0.435 e. The van der Waals surface area contributed by atoms with Crippen molar-refractivity contribution in [1.29, 1.82) is 0 Å². The lowest BCUT2D eigenvalue weighted by Gasteiger charge is -2.19. The van der Waals surface area contributed by atoms with Gasteiger partial charge in [-0.15, -0.1) is 0 Å². The van der Waals surface area contributed by atoms with Gasteiger partial charge in [-0.2, -0.15) is 27.0 Å². The summed E-state index contributed by atoms with van der Waals surface area (Å²) in [7, 11) is -2.98. The number of carbonyl (C=O) groups is 1. The van der Waals surface area contributed by atoms with Crippen LogP contribution in [0.4, 0.5) is 14.6 Å². The van der Waals surface area contributed by atoms with Gasteiger partial charge in [0, 0.05) is 25.9 Å². The number of ether oxygens (including phenoxy) is 1. The third kappa shape index (κ3) is 6.46. The topological polar surface area (TPSA) is 178 Å². The van der Waals surface area contributed by atoms with Crippen molar-refractivity contribution in [2.45, 2.75) is 43.9 Å². The Labute approximate surface area is 215 Å². The summed E-state index contributed by atoms with van der Waals surface area (Å²) in [6.45, 7) is -2.78. The van der Waals surface area contributed by atoms with Gasteiger partial charge in [-0.3, -0.25) is 13.7 Å². The second-order valence-corrected chi connectivity index (χ2v) is 9.81. The van der Waals surface area contributed by atoms with E-state index in [-0.39, 0.29) is 35.8 Å². The molecule has 1 aliphatic rings. The molecule has 38 heavy (non-hydrogen) atoms. The smallest absolute Gasteiger partial charge is 0.387 e. The minimum atomic E-state index is -4.12. The van der Waals surface area contributed by atoms with E-state index in [0.717, 1.165) is 7.05 Å². The molecule has 0 bridgehead atoms. The molecule has 2 heterocycles. The van der Waals surface area contributed by atoms with E-state index in [0.29, 0.717) is 5.56 Å². The highest BCUT2D eigenvalue weighted by Crippen LogP contribution is 2.28. The summed E-state index contributed by atoms with van der Waals surface area (Å²) in [4.78, 5) is 21.1. The predicted molar refractivity (Wildman–Crippen MR) is 127 cm³/mol. The number of rotatable bonds is 11. The highest BCUT2D eigenvalue weighted by atomic mass is 32.2. The Morgan fingerprint density at radius 2 is 2.05 bits per heavy atom. The number of anilines is 1. The summed E-state index contributed by atoms with van der Waals surface area (Å²) in [5.74, 6) is -0.529. The van der Waals surface area contributed by atoms with Gasteiger partial charge in [0.15, 0.2) is 0 Å². The first-order valence-electron chi connectivity index (χ1n) is 11.2. The van der Waals surface area contributed by atoms with E-state index in [2.05, 4.69) is 25.1 Å². The average Bonchev–Trinajstić information content (AvgIpc) is 3.44. The fourth-order valence-electron chi connectivity index (χ4n) is 3.94. The Kier molecular flexibility index (Phi) is 8.27. The zero-order chi connectivity index (χ0) is 27.4. The molecule has 0 radical (unpaired) electrons. The lowest BCUT2D eigenvalue weighted by molar-refractivity contribution is -0.0498. The van der Waals surface area contributed by atoms with Crippen LogP contribution in [0.5, 0.6) is 5.75 Å². The fraction of sp³-hybridized carbons (Fsp3) is 0.364. The van der Waals surface area contributed by atoms with Gasteiger partial charge in [-0.05, 0) is 23.8 Å². The highest BCUT2D eigenvalue weighted by molar-refractivity contribution is 7.84. The molecule has 4 atom stereocenters. The number of nitrogens with one attached hydrogen (secondary N) is 2. The number of alkyl halides is 2. The van der Waals surface area contributed by atoms with Crippen molar-refractivity contribution < 1.29 is 41.1 Å². The van der Waals surface area contributed by atoms with E-state index >= 15 is 0 Å².